The zero-order chi connectivity index (χ0) is 22.8. The van der Waals surface area contributed by atoms with Crippen LogP contribution in [0.5, 0.6) is 0 Å². The van der Waals surface area contributed by atoms with Gasteiger partial charge in [0.25, 0.3) is 5.91 Å². The van der Waals surface area contributed by atoms with Crippen molar-refractivity contribution in [3.63, 3.8) is 0 Å². The first kappa shape index (κ1) is 22.8. The Kier molecular flexibility index (Phi) is 8.22. The van der Waals surface area contributed by atoms with Crippen LogP contribution >= 0.6 is 0 Å². The molecular weight excluding hydrogens is 398 g/mol. The first-order valence-electron chi connectivity index (χ1n) is 10.9. The standard InChI is InChI=1S/C26H29N5O/c1-4-16-27-25(32)21-9-7-20(8-10-21)24-15-17-28-26(30-24)29-22-11-13-23(14-12-22)31(18-5-2)19-6-3/h1,7-15,17H,5-6,16,18-19H2,2-3H3,(H,27,32)(H,28,29,30). The number of carbonyl (C=O) groups is 1. The van der Waals surface area contributed by atoms with Gasteiger partial charge in [-0.25, -0.2) is 9.97 Å². The van der Waals surface area contributed by atoms with Crippen molar-refractivity contribution < 1.29 is 4.79 Å². The van der Waals surface area contributed by atoms with E-state index in [1.807, 2.05) is 30.3 Å². The lowest BCUT2D eigenvalue weighted by Crippen LogP contribution is -2.24. The minimum absolute atomic E-state index is 0.195. The third kappa shape index (κ3) is 6.08. The zero-order valence-corrected chi connectivity index (χ0v) is 18.6. The topological polar surface area (TPSA) is 70.2 Å². The van der Waals surface area contributed by atoms with E-state index in [0.717, 1.165) is 42.9 Å². The summed E-state index contributed by atoms with van der Waals surface area (Å²) in [5.74, 6) is 2.72. The Morgan fingerprint density at radius 1 is 1.00 bits per heavy atom. The van der Waals surface area contributed by atoms with E-state index >= 15 is 0 Å². The van der Waals surface area contributed by atoms with E-state index in [4.69, 9.17) is 6.42 Å². The van der Waals surface area contributed by atoms with Gasteiger partial charge in [-0.1, -0.05) is 31.9 Å². The van der Waals surface area contributed by atoms with Crippen molar-refractivity contribution in [2.75, 3.05) is 29.9 Å². The van der Waals surface area contributed by atoms with Crippen LogP contribution in [0.3, 0.4) is 0 Å². The van der Waals surface area contributed by atoms with E-state index in [1.54, 1.807) is 18.3 Å². The summed E-state index contributed by atoms with van der Waals surface area (Å²) in [4.78, 5) is 23.4. The predicted molar refractivity (Wildman–Crippen MR) is 131 cm³/mol. The molecule has 0 saturated heterocycles. The number of rotatable bonds is 10. The summed E-state index contributed by atoms with van der Waals surface area (Å²) in [5, 5.41) is 5.93. The van der Waals surface area contributed by atoms with Crippen molar-refractivity contribution in [3.8, 4) is 23.6 Å². The third-order valence-corrected chi connectivity index (χ3v) is 4.93. The average molecular weight is 428 g/mol. The fraction of sp³-hybridized carbons (Fsp3) is 0.269. The van der Waals surface area contributed by atoms with Crippen LogP contribution in [-0.4, -0.2) is 35.5 Å². The Hall–Kier alpha value is -3.85. The van der Waals surface area contributed by atoms with Gasteiger partial charge in [0, 0.05) is 41.8 Å². The SMILES string of the molecule is C#CCNC(=O)c1ccc(-c2ccnc(Nc3ccc(N(CCC)CCC)cc3)n2)cc1. The monoisotopic (exact) mass is 427 g/mol. The van der Waals surface area contributed by atoms with Crippen LogP contribution < -0.4 is 15.5 Å². The Morgan fingerprint density at radius 2 is 1.69 bits per heavy atom. The van der Waals surface area contributed by atoms with E-state index in [2.05, 4.69) is 57.4 Å². The molecule has 164 valence electrons. The van der Waals surface area contributed by atoms with Crippen molar-refractivity contribution in [3.05, 3.63) is 66.4 Å². The van der Waals surface area contributed by atoms with Crippen LogP contribution in [0.15, 0.2) is 60.8 Å². The summed E-state index contributed by atoms with van der Waals surface area (Å²) in [6.45, 7) is 6.71. The number of terminal acetylenes is 1. The predicted octanol–water partition coefficient (Wildman–Crippen LogP) is 4.88. The number of nitrogens with zero attached hydrogens (tertiary/aromatic N) is 3. The summed E-state index contributed by atoms with van der Waals surface area (Å²) in [6, 6.07) is 17.4. The number of benzene rings is 2. The molecule has 2 aromatic carbocycles. The summed E-state index contributed by atoms with van der Waals surface area (Å²) in [6.07, 6.45) is 9.15. The molecule has 0 aliphatic heterocycles. The van der Waals surface area contributed by atoms with Crippen LogP contribution in [0.25, 0.3) is 11.3 Å². The molecule has 0 atom stereocenters. The minimum atomic E-state index is -0.195. The molecule has 0 aliphatic rings. The maximum atomic E-state index is 12.0. The van der Waals surface area contributed by atoms with E-state index in [9.17, 15) is 4.79 Å². The van der Waals surface area contributed by atoms with E-state index in [-0.39, 0.29) is 12.5 Å². The molecule has 1 aromatic heterocycles. The van der Waals surface area contributed by atoms with E-state index in [0.29, 0.717) is 11.5 Å². The summed E-state index contributed by atoms with van der Waals surface area (Å²) in [7, 11) is 0. The van der Waals surface area contributed by atoms with Crippen LogP contribution in [0.2, 0.25) is 0 Å². The van der Waals surface area contributed by atoms with Gasteiger partial charge >= 0.3 is 0 Å². The Morgan fingerprint density at radius 3 is 2.31 bits per heavy atom. The van der Waals surface area contributed by atoms with Crippen LogP contribution in [0, 0.1) is 12.3 Å². The van der Waals surface area contributed by atoms with Crippen molar-refractivity contribution in [2.24, 2.45) is 0 Å². The molecule has 6 heteroatoms. The molecule has 2 N–H and O–H groups in total. The van der Waals surface area contributed by atoms with Gasteiger partial charge < -0.3 is 15.5 Å². The Bertz CT molecular complexity index is 1050. The molecule has 3 rings (SSSR count). The van der Waals surface area contributed by atoms with Crippen molar-refractivity contribution >= 4 is 23.2 Å². The Balaban J connectivity index is 1.70. The summed E-state index contributed by atoms with van der Waals surface area (Å²) in [5.41, 5.74) is 4.37. The molecule has 0 unspecified atom stereocenters. The van der Waals surface area contributed by atoms with Crippen molar-refractivity contribution in [1.29, 1.82) is 0 Å². The highest BCUT2D eigenvalue weighted by Crippen LogP contribution is 2.22. The van der Waals surface area contributed by atoms with E-state index in [1.165, 1.54) is 5.69 Å². The van der Waals surface area contributed by atoms with Crippen LogP contribution in [0.1, 0.15) is 37.0 Å². The fourth-order valence-electron chi connectivity index (χ4n) is 3.40. The molecule has 0 radical (unpaired) electrons. The lowest BCUT2D eigenvalue weighted by Gasteiger charge is -2.24. The van der Waals surface area contributed by atoms with Gasteiger partial charge in [-0.15, -0.1) is 6.42 Å². The largest absolute Gasteiger partial charge is 0.372 e. The molecule has 0 bridgehead atoms. The summed E-state index contributed by atoms with van der Waals surface area (Å²) >= 11 is 0. The number of hydrogen-bond donors (Lipinski definition) is 2. The quantitative estimate of drug-likeness (QED) is 0.452. The molecule has 3 aromatic rings. The maximum Gasteiger partial charge on any atom is 0.252 e. The highest BCUT2D eigenvalue weighted by Gasteiger charge is 2.08. The maximum absolute atomic E-state index is 12.0. The fourth-order valence-corrected chi connectivity index (χ4v) is 3.40. The van der Waals surface area contributed by atoms with Gasteiger partial charge in [-0.2, -0.15) is 0 Å². The molecule has 0 aliphatic carbocycles. The highest BCUT2D eigenvalue weighted by atomic mass is 16.1. The van der Waals surface area contributed by atoms with E-state index < -0.39 is 0 Å². The molecule has 32 heavy (non-hydrogen) atoms. The van der Waals surface area contributed by atoms with Gasteiger partial charge in [0.05, 0.1) is 12.2 Å². The van der Waals surface area contributed by atoms with Gasteiger partial charge in [0.1, 0.15) is 0 Å². The smallest absolute Gasteiger partial charge is 0.252 e. The normalized spacial score (nSPS) is 10.3. The summed E-state index contributed by atoms with van der Waals surface area (Å²) < 4.78 is 0. The van der Waals surface area contributed by atoms with Gasteiger partial charge in [-0.05, 0) is 55.3 Å². The van der Waals surface area contributed by atoms with Gasteiger partial charge in [-0.3, -0.25) is 4.79 Å². The number of amides is 1. The van der Waals surface area contributed by atoms with Crippen molar-refractivity contribution in [1.82, 2.24) is 15.3 Å². The molecule has 1 amide bonds. The lowest BCUT2D eigenvalue weighted by atomic mass is 10.1. The highest BCUT2D eigenvalue weighted by molar-refractivity contribution is 5.94. The lowest BCUT2D eigenvalue weighted by molar-refractivity contribution is 0.0958. The van der Waals surface area contributed by atoms with Crippen molar-refractivity contribution in [2.45, 2.75) is 26.7 Å². The molecule has 0 fully saturated rings. The average Bonchev–Trinajstić information content (AvgIpc) is 2.83. The minimum Gasteiger partial charge on any atom is -0.372 e. The number of carbonyl (C=O) groups excluding carboxylic acids is 1. The number of hydrogen-bond acceptors (Lipinski definition) is 5. The van der Waals surface area contributed by atoms with Crippen LogP contribution in [0.4, 0.5) is 17.3 Å². The molecule has 6 nitrogen and oxygen atoms in total. The molecule has 0 spiro atoms. The number of anilines is 3. The second kappa shape index (κ2) is 11.5. The third-order valence-electron chi connectivity index (χ3n) is 4.93. The first-order valence-corrected chi connectivity index (χ1v) is 10.9. The molecule has 1 heterocycles. The second-order valence-corrected chi connectivity index (χ2v) is 7.39. The van der Waals surface area contributed by atoms with Gasteiger partial charge in [0.15, 0.2) is 0 Å². The first-order chi connectivity index (χ1) is 15.6. The Labute approximate surface area is 190 Å². The second-order valence-electron chi connectivity index (χ2n) is 7.39. The molecular formula is C26H29N5O. The molecule has 0 saturated carbocycles. The number of aromatic nitrogens is 2. The van der Waals surface area contributed by atoms with Gasteiger partial charge in [0.2, 0.25) is 5.95 Å². The zero-order valence-electron chi connectivity index (χ0n) is 18.6. The van der Waals surface area contributed by atoms with Crippen LogP contribution in [-0.2, 0) is 0 Å². The number of nitrogens with one attached hydrogen (secondary N) is 2.